The molecule has 1 rings (SSSR count). The number of rotatable bonds is 0. The van der Waals surface area contributed by atoms with E-state index in [2.05, 4.69) is 21.3 Å². The number of hydrogen-bond donors (Lipinski definition) is 4. The lowest BCUT2D eigenvalue weighted by molar-refractivity contribution is -0.122. The monoisotopic (exact) mass is 264 g/mol. The Hall–Kier alpha value is -1.22. The van der Waals surface area contributed by atoms with Crippen molar-refractivity contribution in [2.24, 2.45) is 0 Å². The summed E-state index contributed by atoms with van der Waals surface area (Å²) in [6.07, 6.45) is 0.960. The number of carbonyl (C=O) groups is 2. The van der Waals surface area contributed by atoms with Crippen LogP contribution in [-0.4, -0.2) is 62.0 Å². The lowest BCUT2D eigenvalue weighted by Crippen LogP contribution is -2.38. The zero-order valence-electron chi connectivity index (χ0n) is 10.5. The Morgan fingerprint density at radius 3 is 1.39 bits per heavy atom. The fourth-order valence-electron chi connectivity index (χ4n) is 1.41. The van der Waals surface area contributed by atoms with Crippen molar-refractivity contribution < 1.29 is 20.5 Å². The smallest absolute Gasteiger partial charge is 0.221 e. The summed E-state index contributed by atoms with van der Waals surface area (Å²) in [4.78, 5) is 22.5. The van der Waals surface area contributed by atoms with E-state index in [4.69, 9.17) is 0 Å². The standard InChI is InChI=1S/C10H20N4O2.2H2O/c15-9-1-3-11-5-8-14-10(16)2-4-12-6-7-13-9;;/h11-12H,1-8H2,(H,13,15)(H,14,16);2*1H2. The molecule has 8 N–H and O–H groups in total. The van der Waals surface area contributed by atoms with Crippen molar-refractivity contribution in [3.63, 3.8) is 0 Å². The van der Waals surface area contributed by atoms with E-state index in [1.54, 1.807) is 0 Å². The highest BCUT2D eigenvalue weighted by Gasteiger charge is 2.03. The lowest BCUT2D eigenvalue weighted by atomic mass is 10.3. The quantitative estimate of drug-likeness (QED) is 0.360. The third-order valence-corrected chi connectivity index (χ3v) is 2.31. The van der Waals surface area contributed by atoms with Crippen LogP contribution < -0.4 is 21.3 Å². The summed E-state index contributed by atoms with van der Waals surface area (Å²) >= 11 is 0. The van der Waals surface area contributed by atoms with Crippen LogP contribution in [0.15, 0.2) is 0 Å². The largest absolute Gasteiger partial charge is 0.412 e. The van der Waals surface area contributed by atoms with E-state index < -0.39 is 0 Å². The summed E-state index contributed by atoms with van der Waals surface area (Å²) in [6, 6.07) is 0. The Kier molecular flexibility index (Phi) is 13.0. The second-order valence-corrected chi connectivity index (χ2v) is 3.70. The molecule has 1 saturated heterocycles. The molecule has 0 aromatic carbocycles. The summed E-state index contributed by atoms with van der Waals surface area (Å²) in [6.45, 7) is 3.92. The molecular weight excluding hydrogens is 240 g/mol. The zero-order valence-corrected chi connectivity index (χ0v) is 10.5. The van der Waals surface area contributed by atoms with Gasteiger partial charge in [0.2, 0.25) is 11.8 Å². The molecule has 0 aliphatic carbocycles. The number of amides is 2. The summed E-state index contributed by atoms with van der Waals surface area (Å²) < 4.78 is 0. The fourth-order valence-corrected chi connectivity index (χ4v) is 1.41. The van der Waals surface area contributed by atoms with Gasteiger partial charge in [0.05, 0.1) is 0 Å². The lowest BCUT2D eigenvalue weighted by Gasteiger charge is -2.10. The first kappa shape index (κ1) is 19.1. The van der Waals surface area contributed by atoms with E-state index in [0.717, 1.165) is 0 Å². The van der Waals surface area contributed by atoms with Gasteiger partial charge in [-0.05, 0) is 0 Å². The second-order valence-electron chi connectivity index (χ2n) is 3.70. The maximum atomic E-state index is 11.3. The van der Waals surface area contributed by atoms with Crippen LogP contribution in [0.25, 0.3) is 0 Å². The van der Waals surface area contributed by atoms with Crippen molar-refractivity contribution in [3.05, 3.63) is 0 Å². The Bertz CT molecular complexity index is 194. The Morgan fingerprint density at radius 2 is 1.00 bits per heavy atom. The van der Waals surface area contributed by atoms with Crippen LogP contribution in [0.4, 0.5) is 0 Å². The highest BCUT2D eigenvalue weighted by atomic mass is 16.2. The summed E-state index contributed by atoms with van der Waals surface area (Å²) in [5, 5.41) is 11.8. The summed E-state index contributed by atoms with van der Waals surface area (Å²) in [5.41, 5.74) is 0. The molecule has 108 valence electrons. The molecule has 8 heteroatoms. The molecule has 1 fully saturated rings. The van der Waals surface area contributed by atoms with Crippen molar-refractivity contribution in [1.29, 1.82) is 0 Å². The number of nitrogens with one attached hydrogen (secondary N) is 4. The minimum atomic E-state index is 0. The van der Waals surface area contributed by atoms with E-state index in [1.807, 2.05) is 0 Å². The zero-order chi connectivity index (χ0) is 11.6. The van der Waals surface area contributed by atoms with Gasteiger partial charge in [0, 0.05) is 52.1 Å². The fraction of sp³-hybridized carbons (Fsp3) is 0.800. The highest BCUT2D eigenvalue weighted by Crippen LogP contribution is 1.80. The van der Waals surface area contributed by atoms with Gasteiger partial charge < -0.3 is 32.2 Å². The average molecular weight is 264 g/mol. The van der Waals surface area contributed by atoms with E-state index in [9.17, 15) is 9.59 Å². The van der Waals surface area contributed by atoms with Crippen LogP contribution in [0.3, 0.4) is 0 Å². The highest BCUT2D eigenvalue weighted by molar-refractivity contribution is 5.76. The van der Waals surface area contributed by atoms with E-state index in [0.29, 0.717) is 52.1 Å². The molecule has 2 amide bonds. The maximum absolute atomic E-state index is 11.3. The molecule has 0 bridgehead atoms. The molecule has 0 saturated carbocycles. The van der Waals surface area contributed by atoms with Crippen LogP contribution in [0.5, 0.6) is 0 Å². The first-order chi connectivity index (χ1) is 7.79. The van der Waals surface area contributed by atoms with Gasteiger partial charge in [0.15, 0.2) is 0 Å². The average Bonchev–Trinajstić information content (AvgIpc) is 2.27. The van der Waals surface area contributed by atoms with Gasteiger partial charge >= 0.3 is 0 Å². The van der Waals surface area contributed by atoms with Gasteiger partial charge in [-0.25, -0.2) is 0 Å². The molecule has 0 atom stereocenters. The summed E-state index contributed by atoms with van der Waals surface area (Å²) in [7, 11) is 0. The molecule has 18 heavy (non-hydrogen) atoms. The van der Waals surface area contributed by atoms with Gasteiger partial charge in [-0.2, -0.15) is 0 Å². The maximum Gasteiger partial charge on any atom is 0.221 e. The first-order valence-corrected chi connectivity index (χ1v) is 5.74. The van der Waals surface area contributed by atoms with E-state index in [1.165, 1.54) is 0 Å². The molecule has 1 aliphatic heterocycles. The van der Waals surface area contributed by atoms with Gasteiger partial charge in [-0.15, -0.1) is 0 Å². The third-order valence-electron chi connectivity index (χ3n) is 2.31. The Balaban J connectivity index is 0. The summed E-state index contributed by atoms with van der Waals surface area (Å²) in [5.74, 6) is 0.130. The minimum Gasteiger partial charge on any atom is -0.412 e. The Morgan fingerprint density at radius 1 is 0.611 bits per heavy atom. The SMILES string of the molecule is O.O.O=C1CCNCCNC(=O)CCNCCN1. The first-order valence-electron chi connectivity index (χ1n) is 5.74. The number of hydrogen-bond acceptors (Lipinski definition) is 4. The molecule has 0 radical (unpaired) electrons. The van der Waals surface area contributed by atoms with Crippen LogP contribution in [-0.2, 0) is 9.59 Å². The van der Waals surface area contributed by atoms with Gasteiger partial charge in [0.25, 0.3) is 0 Å². The predicted molar refractivity (Wildman–Crippen MR) is 68.2 cm³/mol. The molecule has 0 unspecified atom stereocenters. The molecule has 0 spiro atoms. The van der Waals surface area contributed by atoms with Crippen molar-refractivity contribution in [2.45, 2.75) is 12.8 Å². The molecular formula is C10H24N4O4. The van der Waals surface area contributed by atoms with Crippen LogP contribution >= 0.6 is 0 Å². The van der Waals surface area contributed by atoms with Crippen molar-refractivity contribution in [3.8, 4) is 0 Å². The van der Waals surface area contributed by atoms with Crippen molar-refractivity contribution in [1.82, 2.24) is 21.3 Å². The second kappa shape index (κ2) is 12.2. The van der Waals surface area contributed by atoms with Crippen molar-refractivity contribution in [2.75, 3.05) is 39.3 Å². The number of carbonyl (C=O) groups excluding carboxylic acids is 2. The Labute approximate surface area is 107 Å². The molecule has 0 aromatic heterocycles. The minimum absolute atomic E-state index is 0. The third kappa shape index (κ3) is 9.97. The van der Waals surface area contributed by atoms with Gasteiger partial charge in [-0.1, -0.05) is 0 Å². The molecule has 1 heterocycles. The normalized spacial score (nSPS) is 19.3. The predicted octanol–water partition coefficient (Wildman–Crippen LogP) is -3.46. The van der Waals surface area contributed by atoms with E-state index in [-0.39, 0.29) is 22.8 Å². The van der Waals surface area contributed by atoms with Crippen molar-refractivity contribution >= 4 is 11.8 Å². The molecule has 8 nitrogen and oxygen atoms in total. The van der Waals surface area contributed by atoms with Crippen LogP contribution in [0.1, 0.15) is 12.8 Å². The van der Waals surface area contributed by atoms with Gasteiger partial charge in [-0.3, -0.25) is 9.59 Å². The van der Waals surface area contributed by atoms with Crippen LogP contribution in [0, 0.1) is 0 Å². The van der Waals surface area contributed by atoms with E-state index >= 15 is 0 Å². The van der Waals surface area contributed by atoms with Crippen LogP contribution in [0.2, 0.25) is 0 Å². The topological polar surface area (TPSA) is 145 Å². The molecule has 1 aliphatic rings. The molecule has 0 aromatic rings. The van der Waals surface area contributed by atoms with Gasteiger partial charge in [0.1, 0.15) is 0 Å².